The van der Waals surface area contributed by atoms with E-state index < -0.39 is 80.7 Å². The van der Waals surface area contributed by atoms with Crippen LogP contribution >= 0.6 is 0 Å². The Morgan fingerprint density at radius 3 is 1.64 bits per heavy atom. The summed E-state index contributed by atoms with van der Waals surface area (Å²) in [7, 11) is 0. The summed E-state index contributed by atoms with van der Waals surface area (Å²) in [5.41, 5.74) is -0.0890. The summed E-state index contributed by atoms with van der Waals surface area (Å²) in [5, 5.41) is 83.6. The molecule has 1 amide bonds. The Labute approximate surface area is 263 Å². The number of carbonyl (C=O) groups is 1. The lowest BCUT2D eigenvalue weighted by Crippen LogP contribution is -2.60. The molecule has 45 heavy (non-hydrogen) atoms. The van der Waals surface area contributed by atoms with Gasteiger partial charge in [0.05, 0.1) is 32.5 Å². The molecule has 0 aromatic heterocycles. The molecule has 2 heterocycles. The van der Waals surface area contributed by atoms with E-state index in [-0.39, 0.29) is 24.5 Å². The first-order chi connectivity index (χ1) is 21.5. The summed E-state index contributed by atoms with van der Waals surface area (Å²) in [6, 6.07) is -0.878. The molecule has 9 N–H and O–H groups in total. The van der Waals surface area contributed by atoms with E-state index in [1.165, 1.54) is 6.42 Å². The highest BCUT2D eigenvalue weighted by Crippen LogP contribution is 2.65. The van der Waals surface area contributed by atoms with Gasteiger partial charge in [0.2, 0.25) is 5.91 Å². The Hall–Kier alpha value is -1.01. The van der Waals surface area contributed by atoms with Crippen molar-refractivity contribution in [1.82, 2.24) is 5.32 Å². The Bertz CT molecular complexity index is 900. The van der Waals surface area contributed by atoms with E-state index in [0.717, 1.165) is 56.8 Å². The van der Waals surface area contributed by atoms with Crippen LogP contribution in [0.5, 0.6) is 0 Å². The number of nitrogens with one attached hydrogen (secondary N) is 1. The predicted octanol–water partition coefficient (Wildman–Crippen LogP) is -1.87. The molecular formula is C31H53NO13. The summed E-state index contributed by atoms with van der Waals surface area (Å²) in [4.78, 5) is 13.8. The van der Waals surface area contributed by atoms with E-state index in [9.17, 15) is 45.6 Å². The van der Waals surface area contributed by atoms with Crippen LogP contribution in [0.25, 0.3) is 0 Å². The van der Waals surface area contributed by atoms with E-state index in [1.54, 1.807) is 0 Å². The number of unbranched alkanes of at least 4 members (excludes halogenated alkanes) is 1. The zero-order chi connectivity index (χ0) is 32.5. The van der Waals surface area contributed by atoms with Crippen molar-refractivity contribution in [3.05, 3.63) is 0 Å². The summed E-state index contributed by atoms with van der Waals surface area (Å²) < 4.78 is 22.4. The normalized spacial score (nSPS) is 46.7. The third-order valence-electron chi connectivity index (χ3n) is 11.2. The fraction of sp³-hybridized carbons (Fsp3) is 0.968. The molecule has 6 fully saturated rings. The fourth-order valence-electron chi connectivity index (χ4n) is 8.96. The molecule has 4 aliphatic carbocycles. The van der Waals surface area contributed by atoms with E-state index in [4.69, 9.17) is 18.9 Å². The highest BCUT2D eigenvalue weighted by Gasteiger charge is 2.57. The standard InChI is InChI=1S/C31H53NO13/c1-2-3-4-31(17-6-15-5-16(8-17)9-18(31)7-15)10-22(35)32-19(13-42-29-27(40)25(38)23(36)20(11-33)44-29)14-43-30-28(41)26(39)24(37)21(12-34)45-30/h15-21,23-30,33-34,36-41H,2-14H2,1H3,(H,32,35)/t15-,16+,17+,18?,19?,20?,21?,23-,24-,25+,26+,27?,28?,29-,30-,31+/m0/s1. The zero-order valence-corrected chi connectivity index (χ0v) is 26.0. The molecule has 4 bridgehead atoms. The van der Waals surface area contributed by atoms with Crippen LogP contribution < -0.4 is 5.32 Å². The van der Waals surface area contributed by atoms with Crippen LogP contribution in [-0.4, -0.2) is 141 Å². The van der Waals surface area contributed by atoms with Crippen molar-refractivity contribution in [3.8, 4) is 0 Å². The van der Waals surface area contributed by atoms with E-state index in [1.807, 2.05) is 0 Å². The first-order valence-corrected chi connectivity index (χ1v) is 16.6. The van der Waals surface area contributed by atoms with Crippen molar-refractivity contribution in [2.75, 3.05) is 26.4 Å². The SMILES string of the molecule is CCCC[C@]1(CC(=O)NC(CO[C@H]2OC(CO)[C@H](O)[C@@H](O)C2O)CO[C@H]2OC(CO)[C@H](O)[C@@H](O)C2O)C2C[C@@H]3C[C@H](C2)C[C@@H]1C3. The molecule has 0 spiro atoms. The van der Waals surface area contributed by atoms with Crippen LogP contribution in [0.4, 0.5) is 0 Å². The van der Waals surface area contributed by atoms with Gasteiger partial charge in [-0.25, -0.2) is 0 Å². The molecule has 260 valence electrons. The summed E-state index contributed by atoms with van der Waals surface area (Å²) >= 11 is 0. The molecule has 14 heteroatoms. The molecule has 10 atom stereocenters. The minimum Gasteiger partial charge on any atom is -0.394 e. The number of ether oxygens (including phenoxy) is 4. The topological polar surface area (TPSA) is 228 Å². The lowest BCUT2D eigenvalue weighted by atomic mass is 9.43. The number of aliphatic hydroxyl groups is 8. The van der Waals surface area contributed by atoms with Gasteiger partial charge in [-0.2, -0.15) is 0 Å². The van der Waals surface area contributed by atoms with Crippen LogP contribution in [-0.2, 0) is 23.7 Å². The number of hydrogen-bond donors (Lipinski definition) is 9. The number of hydrogen-bond acceptors (Lipinski definition) is 13. The van der Waals surface area contributed by atoms with Crippen LogP contribution in [0, 0.1) is 29.1 Å². The van der Waals surface area contributed by atoms with Crippen LogP contribution in [0.1, 0.15) is 64.7 Å². The molecule has 6 aliphatic rings. The summed E-state index contributed by atoms with van der Waals surface area (Å²) in [6.07, 6.45) is -5.57. The molecule has 0 radical (unpaired) electrons. The van der Waals surface area contributed by atoms with Gasteiger partial charge in [0, 0.05) is 6.42 Å². The monoisotopic (exact) mass is 647 g/mol. The van der Waals surface area contributed by atoms with Gasteiger partial charge in [-0.15, -0.1) is 0 Å². The number of amides is 1. The van der Waals surface area contributed by atoms with E-state index in [2.05, 4.69) is 12.2 Å². The molecule has 2 aliphatic heterocycles. The Balaban J connectivity index is 1.28. The molecular weight excluding hydrogens is 594 g/mol. The third-order valence-corrected chi connectivity index (χ3v) is 11.2. The fourth-order valence-corrected chi connectivity index (χ4v) is 8.96. The summed E-state index contributed by atoms with van der Waals surface area (Å²) in [5.74, 6) is 2.30. The highest BCUT2D eigenvalue weighted by atomic mass is 16.7. The lowest BCUT2D eigenvalue weighted by molar-refractivity contribution is -0.309. The number of carbonyl (C=O) groups excluding carboxylic acids is 1. The maximum atomic E-state index is 13.8. The first-order valence-electron chi connectivity index (χ1n) is 16.6. The maximum absolute atomic E-state index is 13.8. The first kappa shape index (κ1) is 35.3. The highest BCUT2D eigenvalue weighted by molar-refractivity contribution is 5.77. The van der Waals surface area contributed by atoms with Gasteiger partial charge in [0.15, 0.2) is 12.6 Å². The minimum absolute atomic E-state index is 0.0890. The second-order valence-corrected chi connectivity index (χ2v) is 14.1. The van der Waals surface area contributed by atoms with Gasteiger partial charge in [-0.3, -0.25) is 4.79 Å². The number of rotatable bonds is 14. The smallest absolute Gasteiger partial charge is 0.220 e. The van der Waals surface area contributed by atoms with Gasteiger partial charge in [0.1, 0.15) is 48.8 Å². The molecule has 2 saturated heterocycles. The maximum Gasteiger partial charge on any atom is 0.220 e. The molecule has 4 saturated carbocycles. The Morgan fingerprint density at radius 2 is 1.22 bits per heavy atom. The second-order valence-electron chi connectivity index (χ2n) is 14.1. The van der Waals surface area contributed by atoms with Crippen LogP contribution in [0.2, 0.25) is 0 Å². The molecule has 4 unspecified atom stereocenters. The van der Waals surface area contributed by atoms with Gasteiger partial charge < -0.3 is 65.1 Å². The van der Waals surface area contributed by atoms with Gasteiger partial charge >= 0.3 is 0 Å². The zero-order valence-electron chi connectivity index (χ0n) is 26.0. The Morgan fingerprint density at radius 1 is 0.756 bits per heavy atom. The lowest BCUT2D eigenvalue weighted by Gasteiger charge is -2.61. The third kappa shape index (κ3) is 7.37. The van der Waals surface area contributed by atoms with E-state index in [0.29, 0.717) is 18.3 Å². The number of aliphatic hydroxyl groups excluding tert-OH is 8. The van der Waals surface area contributed by atoms with Crippen molar-refractivity contribution in [1.29, 1.82) is 0 Å². The van der Waals surface area contributed by atoms with Crippen molar-refractivity contribution >= 4 is 5.91 Å². The molecule has 0 aromatic carbocycles. The van der Waals surface area contributed by atoms with Crippen molar-refractivity contribution < 1.29 is 64.6 Å². The van der Waals surface area contributed by atoms with Crippen molar-refractivity contribution in [2.45, 2.75) is 132 Å². The second kappa shape index (κ2) is 15.0. The molecule has 0 aromatic rings. The largest absolute Gasteiger partial charge is 0.394 e. The van der Waals surface area contributed by atoms with Crippen molar-refractivity contribution in [2.24, 2.45) is 29.1 Å². The minimum atomic E-state index is -1.64. The van der Waals surface area contributed by atoms with E-state index >= 15 is 0 Å². The van der Waals surface area contributed by atoms with Gasteiger partial charge in [0.25, 0.3) is 0 Å². The predicted molar refractivity (Wildman–Crippen MR) is 155 cm³/mol. The van der Waals surface area contributed by atoms with Crippen LogP contribution in [0.3, 0.4) is 0 Å². The average Bonchev–Trinajstić information content (AvgIpc) is 3.02. The molecule has 14 nitrogen and oxygen atoms in total. The summed E-state index contributed by atoms with van der Waals surface area (Å²) in [6.45, 7) is 0.326. The quantitative estimate of drug-likeness (QED) is 0.101. The van der Waals surface area contributed by atoms with Crippen LogP contribution in [0.15, 0.2) is 0 Å². The molecule has 6 rings (SSSR count). The van der Waals surface area contributed by atoms with Gasteiger partial charge in [-0.1, -0.05) is 19.8 Å². The average molecular weight is 648 g/mol. The Kier molecular flexibility index (Phi) is 11.8. The van der Waals surface area contributed by atoms with Crippen molar-refractivity contribution in [3.63, 3.8) is 0 Å². The van der Waals surface area contributed by atoms with Gasteiger partial charge in [-0.05, 0) is 67.6 Å².